The van der Waals surface area contributed by atoms with E-state index >= 15 is 0 Å². The quantitative estimate of drug-likeness (QED) is 0.484. The highest BCUT2D eigenvalue weighted by Crippen LogP contribution is 2.35. The van der Waals surface area contributed by atoms with E-state index in [4.69, 9.17) is 4.18 Å². The largest absolute Gasteiger partial charge is 0.410 e. The average Bonchev–Trinajstić information content (AvgIpc) is 2.38. The minimum atomic E-state index is -1.12. The van der Waals surface area contributed by atoms with Gasteiger partial charge >= 0.3 is 5.69 Å². The van der Waals surface area contributed by atoms with Crippen molar-refractivity contribution in [1.82, 2.24) is 0 Å². The number of nitrogens with zero attached hydrogens (tertiary/aromatic N) is 1. The molecule has 4 nitrogen and oxygen atoms in total. The molecule has 0 bridgehead atoms. The summed E-state index contributed by atoms with van der Waals surface area (Å²) in [5.74, 6) is -2.74. The molecule has 0 saturated heterocycles. The molecule has 0 aliphatic heterocycles. The first-order valence-electron chi connectivity index (χ1n) is 5.11. The topological polar surface area (TPSA) is 52.4 Å². The maximum atomic E-state index is 13.5. The maximum Gasteiger partial charge on any atom is 0.318 e. The Morgan fingerprint density at radius 1 is 1.16 bits per heavy atom. The van der Waals surface area contributed by atoms with Crippen molar-refractivity contribution in [3.05, 3.63) is 64.2 Å². The van der Waals surface area contributed by atoms with Crippen LogP contribution in [0, 0.1) is 21.7 Å². The molecule has 0 unspecified atom stereocenters. The van der Waals surface area contributed by atoms with Crippen LogP contribution in [0.5, 0.6) is 5.75 Å². The van der Waals surface area contributed by atoms with Crippen LogP contribution >= 0.6 is 12.0 Å². The van der Waals surface area contributed by atoms with Gasteiger partial charge in [0.2, 0.25) is 0 Å². The lowest BCUT2D eigenvalue weighted by molar-refractivity contribution is -0.385. The first-order chi connectivity index (χ1) is 9.08. The van der Waals surface area contributed by atoms with Gasteiger partial charge in [-0.2, -0.15) is 0 Å². The summed E-state index contributed by atoms with van der Waals surface area (Å²) in [5, 5.41) is 10.7. The van der Waals surface area contributed by atoms with Gasteiger partial charge in [0.25, 0.3) is 5.75 Å². The van der Waals surface area contributed by atoms with Crippen LogP contribution in [0.2, 0.25) is 0 Å². The molecule has 0 fully saturated rings. The number of benzene rings is 2. The fourth-order valence-corrected chi connectivity index (χ4v) is 1.94. The molecule has 0 saturated carbocycles. The van der Waals surface area contributed by atoms with Gasteiger partial charge < -0.3 is 4.18 Å². The van der Waals surface area contributed by atoms with Crippen LogP contribution in [0.15, 0.2) is 47.4 Å². The Balaban J connectivity index is 2.27. The fourth-order valence-electron chi connectivity index (χ4n) is 1.33. The Kier molecular flexibility index (Phi) is 3.96. The molecule has 0 aliphatic rings. The molecule has 0 spiro atoms. The van der Waals surface area contributed by atoms with Crippen molar-refractivity contribution in [1.29, 1.82) is 0 Å². The van der Waals surface area contributed by atoms with Gasteiger partial charge in [0.1, 0.15) is 5.82 Å². The number of nitro benzene ring substituents is 1. The van der Waals surface area contributed by atoms with E-state index in [0.717, 1.165) is 12.0 Å². The van der Waals surface area contributed by atoms with Crippen LogP contribution in [0.1, 0.15) is 0 Å². The molecule has 7 heteroatoms. The summed E-state index contributed by atoms with van der Waals surface area (Å²) >= 11 is 0.758. The molecule has 2 aromatic rings. The molecule has 0 amide bonds. The van der Waals surface area contributed by atoms with E-state index < -0.39 is 28.0 Å². The lowest BCUT2D eigenvalue weighted by Crippen LogP contribution is -1.97. The highest BCUT2D eigenvalue weighted by molar-refractivity contribution is 7.95. The zero-order valence-corrected chi connectivity index (χ0v) is 10.2. The van der Waals surface area contributed by atoms with E-state index in [1.807, 2.05) is 0 Å². The number of nitro groups is 1. The number of halogens is 2. The first-order valence-corrected chi connectivity index (χ1v) is 5.85. The standard InChI is InChI=1S/C12H7F2NO3S/c13-8-6-10(14)12(11(7-8)15(16)17)18-19-9-4-2-1-3-5-9/h1-7H. The van der Waals surface area contributed by atoms with Gasteiger partial charge in [0.05, 0.1) is 23.0 Å². The van der Waals surface area contributed by atoms with Crippen molar-refractivity contribution in [3.8, 4) is 5.75 Å². The van der Waals surface area contributed by atoms with Gasteiger partial charge in [0.15, 0.2) is 5.82 Å². The molecule has 2 aromatic carbocycles. The van der Waals surface area contributed by atoms with E-state index in [2.05, 4.69) is 0 Å². The SMILES string of the molecule is O=[N+]([O-])c1cc(F)cc(F)c1OSc1ccccc1. The van der Waals surface area contributed by atoms with Gasteiger partial charge in [-0.15, -0.1) is 0 Å². The van der Waals surface area contributed by atoms with E-state index in [1.54, 1.807) is 30.3 Å². The summed E-state index contributed by atoms with van der Waals surface area (Å²) < 4.78 is 31.4. The lowest BCUT2D eigenvalue weighted by atomic mass is 10.3. The molecular formula is C12H7F2NO3S. The lowest BCUT2D eigenvalue weighted by Gasteiger charge is -2.05. The predicted octanol–water partition coefficient (Wildman–Crippen LogP) is 3.96. The Morgan fingerprint density at radius 3 is 2.47 bits per heavy atom. The molecule has 0 heterocycles. The van der Waals surface area contributed by atoms with Crippen LogP contribution < -0.4 is 4.18 Å². The first kappa shape index (κ1) is 13.3. The van der Waals surface area contributed by atoms with Gasteiger partial charge in [0, 0.05) is 11.0 Å². The van der Waals surface area contributed by atoms with Crippen LogP contribution in [0.4, 0.5) is 14.5 Å². The Morgan fingerprint density at radius 2 is 1.84 bits per heavy atom. The Hall–Kier alpha value is -2.15. The summed E-state index contributed by atoms with van der Waals surface area (Å²) in [4.78, 5) is 10.5. The Bertz CT molecular complexity index is 607. The molecule has 0 N–H and O–H groups in total. The summed E-state index contributed by atoms with van der Waals surface area (Å²) in [7, 11) is 0. The maximum absolute atomic E-state index is 13.5. The van der Waals surface area contributed by atoms with Crippen molar-refractivity contribution in [2.24, 2.45) is 0 Å². The van der Waals surface area contributed by atoms with Crippen LogP contribution in [0.25, 0.3) is 0 Å². The number of hydrogen-bond acceptors (Lipinski definition) is 4. The van der Waals surface area contributed by atoms with Crippen molar-refractivity contribution in [3.63, 3.8) is 0 Å². The minimum Gasteiger partial charge on any atom is -0.410 e. The Labute approximate surface area is 111 Å². The van der Waals surface area contributed by atoms with E-state index in [9.17, 15) is 18.9 Å². The van der Waals surface area contributed by atoms with Crippen molar-refractivity contribution in [2.45, 2.75) is 4.90 Å². The number of hydrogen-bond donors (Lipinski definition) is 0. The van der Waals surface area contributed by atoms with Crippen molar-refractivity contribution >= 4 is 17.7 Å². The fraction of sp³-hybridized carbons (Fsp3) is 0. The van der Waals surface area contributed by atoms with Crippen molar-refractivity contribution < 1.29 is 17.9 Å². The third kappa shape index (κ3) is 3.19. The monoisotopic (exact) mass is 283 g/mol. The second-order valence-corrected chi connectivity index (χ2v) is 4.28. The van der Waals surface area contributed by atoms with Gasteiger partial charge in [-0.3, -0.25) is 10.1 Å². The molecule has 19 heavy (non-hydrogen) atoms. The molecule has 0 aromatic heterocycles. The smallest absolute Gasteiger partial charge is 0.318 e. The summed E-state index contributed by atoms with van der Waals surface area (Å²) in [6, 6.07) is 9.79. The molecule has 0 atom stereocenters. The molecule has 2 rings (SSSR count). The highest BCUT2D eigenvalue weighted by atomic mass is 32.2. The summed E-state index contributed by atoms with van der Waals surface area (Å²) in [6.07, 6.45) is 0. The number of rotatable bonds is 4. The zero-order chi connectivity index (χ0) is 13.8. The third-order valence-corrected chi connectivity index (χ3v) is 2.86. The molecule has 98 valence electrons. The minimum absolute atomic E-state index is 0.536. The van der Waals surface area contributed by atoms with E-state index in [-0.39, 0.29) is 0 Å². The molecular weight excluding hydrogens is 276 g/mol. The molecule has 0 radical (unpaired) electrons. The summed E-state index contributed by atoms with van der Waals surface area (Å²) in [5.41, 5.74) is -0.749. The molecule has 0 aliphatic carbocycles. The zero-order valence-electron chi connectivity index (χ0n) is 9.38. The highest BCUT2D eigenvalue weighted by Gasteiger charge is 2.22. The van der Waals surface area contributed by atoms with E-state index in [1.165, 1.54) is 0 Å². The van der Waals surface area contributed by atoms with Gasteiger partial charge in [-0.1, -0.05) is 18.2 Å². The third-order valence-electron chi connectivity index (χ3n) is 2.15. The van der Waals surface area contributed by atoms with Gasteiger partial charge in [-0.25, -0.2) is 8.78 Å². The van der Waals surface area contributed by atoms with Crippen LogP contribution in [-0.2, 0) is 0 Å². The normalized spacial score (nSPS) is 10.2. The van der Waals surface area contributed by atoms with Crippen LogP contribution in [-0.4, -0.2) is 4.92 Å². The van der Waals surface area contributed by atoms with Crippen molar-refractivity contribution in [2.75, 3.05) is 0 Å². The second kappa shape index (κ2) is 5.66. The predicted molar refractivity (Wildman–Crippen MR) is 65.9 cm³/mol. The van der Waals surface area contributed by atoms with Crippen LogP contribution in [0.3, 0.4) is 0 Å². The summed E-state index contributed by atoms with van der Waals surface area (Å²) in [6.45, 7) is 0. The second-order valence-electron chi connectivity index (χ2n) is 3.47. The van der Waals surface area contributed by atoms with Gasteiger partial charge in [-0.05, 0) is 12.1 Å². The van der Waals surface area contributed by atoms with E-state index in [0.29, 0.717) is 17.0 Å². The average molecular weight is 283 g/mol.